The summed E-state index contributed by atoms with van der Waals surface area (Å²) in [6.07, 6.45) is 3.91. The van der Waals surface area contributed by atoms with Crippen molar-refractivity contribution in [3.63, 3.8) is 0 Å². The van der Waals surface area contributed by atoms with Gasteiger partial charge in [0.15, 0.2) is 5.96 Å². The van der Waals surface area contributed by atoms with Crippen LogP contribution in [-0.4, -0.2) is 58.6 Å². The smallest absolute Gasteiger partial charge is 0.326 e. The van der Waals surface area contributed by atoms with Crippen LogP contribution in [0.3, 0.4) is 0 Å². The van der Waals surface area contributed by atoms with E-state index in [0.29, 0.717) is 19.4 Å². The summed E-state index contributed by atoms with van der Waals surface area (Å²) >= 11 is 0. The summed E-state index contributed by atoms with van der Waals surface area (Å²) in [6, 6.07) is -2.53. The summed E-state index contributed by atoms with van der Waals surface area (Å²) in [7, 11) is 0. The number of nitrogens with one attached hydrogen (secondary N) is 2. The van der Waals surface area contributed by atoms with Gasteiger partial charge in [0.05, 0.1) is 6.42 Å². The van der Waals surface area contributed by atoms with Crippen molar-refractivity contribution in [3.05, 3.63) is 0 Å². The molecule has 3 atom stereocenters. The van der Waals surface area contributed by atoms with E-state index in [4.69, 9.17) is 16.6 Å². The van der Waals surface area contributed by atoms with Gasteiger partial charge in [-0.3, -0.25) is 19.4 Å². The molecule has 0 aromatic rings. The number of aliphatic imine (C=N–C) groups is 1. The number of hydrogen-bond acceptors (Lipinski definition) is 5. The standard InChI is InChI=1S/C20H37N5O6/c1-4-13(9-7-5-6-8-10-23-20(21)22)17(28)24-14(11-15(26)27)18(29)25-16(12(2)3)19(30)31/h12-14,16H,4-11H2,1-3H3,(H,24,28)(H,25,29)(H,26,27)(H,30,31)(H4,21,22,23)/t13-,14+,16-/m0/s1. The molecule has 178 valence electrons. The maximum Gasteiger partial charge on any atom is 0.326 e. The zero-order valence-electron chi connectivity index (χ0n) is 18.6. The van der Waals surface area contributed by atoms with Crippen molar-refractivity contribution in [1.29, 1.82) is 0 Å². The minimum Gasteiger partial charge on any atom is -0.481 e. The van der Waals surface area contributed by atoms with E-state index in [1.54, 1.807) is 13.8 Å². The second kappa shape index (κ2) is 15.0. The summed E-state index contributed by atoms with van der Waals surface area (Å²) in [6.45, 7) is 5.64. The highest BCUT2D eigenvalue weighted by molar-refractivity contribution is 5.93. The number of hydrogen-bond donors (Lipinski definition) is 6. The zero-order chi connectivity index (χ0) is 24.0. The van der Waals surface area contributed by atoms with Gasteiger partial charge >= 0.3 is 11.9 Å². The number of guanidine groups is 1. The van der Waals surface area contributed by atoms with Crippen LogP contribution in [0.25, 0.3) is 0 Å². The normalized spacial score (nSPS) is 13.7. The lowest BCUT2D eigenvalue weighted by atomic mass is 9.96. The molecule has 2 amide bonds. The molecule has 0 saturated heterocycles. The largest absolute Gasteiger partial charge is 0.481 e. The molecule has 0 aliphatic rings. The quantitative estimate of drug-likeness (QED) is 0.112. The first-order chi connectivity index (χ1) is 14.5. The Bertz CT molecular complexity index is 634. The molecule has 0 aliphatic carbocycles. The molecule has 31 heavy (non-hydrogen) atoms. The number of carbonyl (C=O) groups excluding carboxylic acids is 2. The van der Waals surface area contributed by atoms with Gasteiger partial charge in [-0.25, -0.2) is 4.79 Å². The first-order valence-corrected chi connectivity index (χ1v) is 10.6. The van der Waals surface area contributed by atoms with Gasteiger partial charge in [-0.15, -0.1) is 0 Å². The van der Waals surface area contributed by atoms with Crippen LogP contribution >= 0.6 is 0 Å². The van der Waals surface area contributed by atoms with Gasteiger partial charge in [0, 0.05) is 12.5 Å². The Morgan fingerprint density at radius 1 is 0.935 bits per heavy atom. The summed E-state index contributed by atoms with van der Waals surface area (Å²) < 4.78 is 0. The summed E-state index contributed by atoms with van der Waals surface area (Å²) in [5, 5.41) is 23.1. The molecule has 0 saturated carbocycles. The van der Waals surface area contributed by atoms with Crippen LogP contribution in [-0.2, 0) is 19.2 Å². The molecule has 11 nitrogen and oxygen atoms in total. The molecule has 0 aliphatic heterocycles. The van der Waals surface area contributed by atoms with E-state index in [-0.39, 0.29) is 11.9 Å². The summed E-state index contributed by atoms with van der Waals surface area (Å²) in [4.78, 5) is 51.5. The molecule has 0 fully saturated rings. The van der Waals surface area contributed by atoms with Crippen molar-refractivity contribution in [2.45, 2.75) is 77.8 Å². The number of nitrogens with zero attached hydrogens (tertiary/aromatic N) is 1. The minimum absolute atomic E-state index is 0.0609. The molecule has 0 unspecified atom stereocenters. The summed E-state index contributed by atoms with van der Waals surface area (Å²) in [5.41, 5.74) is 10.5. The van der Waals surface area contributed by atoms with Crippen LogP contribution < -0.4 is 22.1 Å². The molecule has 0 rings (SSSR count). The van der Waals surface area contributed by atoms with Gasteiger partial charge < -0.3 is 32.3 Å². The number of rotatable bonds is 16. The van der Waals surface area contributed by atoms with Crippen LogP contribution in [0.15, 0.2) is 4.99 Å². The first-order valence-electron chi connectivity index (χ1n) is 10.6. The van der Waals surface area contributed by atoms with Crippen LogP contribution in [0.1, 0.15) is 65.7 Å². The lowest BCUT2D eigenvalue weighted by molar-refractivity contribution is -0.144. The molecule has 8 N–H and O–H groups in total. The average Bonchev–Trinajstić information content (AvgIpc) is 2.66. The Hall–Kier alpha value is -2.85. The molecular weight excluding hydrogens is 406 g/mol. The van der Waals surface area contributed by atoms with Crippen LogP contribution in [0, 0.1) is 11.8 Å². The molecule has 0 radical (unpaired) electrons. The number of aliphatic carboxylic acids is 2. The zero-order valence-corrected chi connectivity index (χ0v) is 18.6. The number of carboxylic acid groups (broad SMARTS) is 2. The Morgan fingerprint density at radius 2 is 1.55 bits per heavy atom. The van der Waals surface area contributed by atoms with Crippen LogP contribution in [0.4, 0.5) is 0 Å². The lowest BCUT2D eigenvalue weighted by Crippen LogP contribution is -2.54. The number of carboxylic acids is 2. The Balaban J connectivity index is 4.80. The predicted octanol–water partition coefficient (Wildman–Crippen LogP) is 0.421. The molecule has 0 spiro atoms. The Kier molecular flexibility index (Phi) is 13.6. The van der Waals surface area contributed by atoms with E-state index < -0.39 is 48.2 Å². The van der Waals surface area contributed by atoms with Crippen molar-refractivity contribution in [3.8, 4) is 0 Å². The number of carbonyl (C=O) groups is 4. The lowest BCUT2D eigenvalue weighted by Gasteiger charge is -2.24. The monoisotopic (exact) mass is 443 g/mol. The molecule has 0 aromatic heterocycles. The highest BCUT2D eigenvalue weighted by Gasteiger charge is 2.31. The molecular formula is C20H37N5O6. The molecule has 11 heteroatoms. The maximum absolute atomic E-state index is 12.6. The number of unbranched alkanes of at least 4 members (excludes halogenated alkanes) is 3. The maximum atomic E-state index is 12.6. The Morgan fingerprint density at radius 3 is 2.03 bits per heavy atom. The van der Waals surface area contributed by atoms with E-state index in [1.165, 1.54) is 0 Å². The van der Waals surface area contributed by atoms with Crippen molar-refractivity contribution >= 4 is 29.7 Å². The van der Waals surface area contributed by atoms with Crippen LogP contribution in [0.2, 0.25) is 0 Å². The molecule has 0 heterocycles. The Labute approximate surface area is 183 Å². The van der Waals surface area contributed by atoms with Crippen molar-refractivity contribution in [2.24, 2.45) is 28.3 Å². The third-order valence-electron chi connectivity index (χ3n) is 4.86. The molecule has 0 bridgehead atoms. The first kappa shape index (κ1) is 28.1. The van der Waals surface area contributed by atoms with E-state index in [0.717, 1.165) is 25.7 Å². The van der Waals surface area contributed by atoms with E-state index in [2.05, 4.69) is 15.6 Å². The fourth-order valence-electron chi connectivity index (χ4n) is 3.03. The van der Waals surface area contributed by atoms with Crippen molar-refractivity contribution in [1.82, 2.24) is 10.6 Å². The fraction of sp³-hybridized carbons (Fsp3) is 0.750. The van der Waals surface area contributed by atoms with Gasteiger partial charge in [0.1, 0.15) is 12.1 Å². The van der Waals surface area contributed by atoms with E-state index >= 15 is 0 Å². The highest BCUT2D eigenvalue weighted by Crippen LogP contribution is 2.15. The van der Waals surface area contributed by atoms with Crippen LogP contribution in [0.5, 0.6) is 0 Å². The second-order valence-electron chi connectivity index (χ2n) is 7.84. The van der Waals surface area contributed by atoms with Gasteiger partial charge in [-0.05, 0) is 25.2 Å². The second-order valence-corrected chi connectivity index (χ2v) is 7.84. The van der Waals surface area contributed by atoms with Gasteiger partial charge in [-0.1, -0.05) is 40.0 Å². The van der Waals surface area contributed by atoms with Gasteiger partial charge in [-0.2, -0.15) is 0 Å². The minimum atomic E-state index is -1.35. The predicted molar refractivity (Wildman–Crippen MR) is 116 cm³/mol. The third-order valence-corrected chi connectivity index (χ3v) is 4.86. The fourth-order valence-corrected chi connectivity index (χ4v) is 3.03. The number of nitrogens with two attached hydrogens (primary N) is 2. The van der Waals surface area contributed by atoms with Gasteiger partial charge in [0.2, 0.25) is 11.8 Å². The number of amides is 2. The average molecular weight is 444 g/mol. The van der Waals surface area contributed by atoms with Crippen molar-refractivity contribution in [2.75, 3.05) is 6.54 Å². The van der Waals surface area contributed by atoms with E-state index in [9.17, 15) is 24.3 Å². The highest BCUT2D eigenvalue weighted by atomic mass is 16.4. The van der Waals surface area contributed by atoms with Gasteiger partial charge in [0.25, 0.3) is 0 Å². The SMILES string of the molecule is CC[C@@H](CCCCCCN=C(N)N)C(=O)N[C@H](CC(=O)O)C(=O)N[C@H](C(=O)O)C(C)C. The molecule has 0 aromatic carbocycles. The third kappa shape index (κ3) is 12.4. The summed E-state index contributed by atoms with van der Waals surface area (Å²) in [5.74, 6) is -4.46. The van der Waals surface area contributed by atoms with E-state index in [1.807, 2.05) is 6.92 Å². The topological polar surface area (TPSA) is 197 Å². The van der Waals surface area contributed by atoms with Crippen molar-refractivity contribution < 1.29 is 29.4 Å².